The number of nitro groups is 1. The summed E-state index contributed by atoms with van der Waals surface area (Å²) in [6, 6.07) is 4.84. The van der Waals surface area contributed by atoms with E-state index in [1.807, 2.05) is 0 Å². The Morgan fingerprint density at radius 1 is 1.53 bits per heavy atom. The van der Waals surface area contributed by atoms with Crippen LogP contribution in [-0.4, -0.2) is 24.5 Å². The van der Waals surface area contributed by atoms with Crippen LogP contribution < -0.4 is 10.1 Å². The molecule has 2 rings (SSSR count). The van der Waals surface area contributed by atoms with Crippen LogP contribution in [0.4, 0.5) is 5.69 Å². The summed E-state index contributed by atoms with van der Waals surface area (Å²) in [5.41, 5.74) is 0.728. The summed E-state index contributed by atoms with van der Waals surface area (Å²) in [4.78, 5) is 22.1. The van der Waals surface area contributed by atoms with Crippen molar-refractivity contribution < 1.29 is 14.5 Å². The van der Waals surface area contributed by atoms with Gasteiger partial charge in [-0.1, -0.05) is 6.07 Å². The van der Waals surface area contributed by atoms with Crippen LogP contribution in [0.1, 0.15) is 18.4 Å². The van der Waals surface area contributed by atoms with Crippen LogP contribution in [0.2, 0.25) is 0 Å². The van der Waals surface area contributed by atoms with Crippen molar-refractivity contribution in [3.8, 4) is 5.75 Å². The van der Waals surface area contributed by atoms with Crippen molar-refractivity contribution in [2.75, 3.05) is 13.7 Å². The van der Waals surface area contributed by atoms with Crippen molar-refractivity contribution in [1.29, 1.82) is 0 Å². The molecule has 0 radical (unpaired) electrons. The van der Waals surface area contributed by atoms with Crippen LogP contribution in [0.5, 0.6) is 5.75 Å². The second-order valence-corrected chi connectivity index (χ2v) is 4.60. The number of nitro benzene ring substituents is 1. The average Bonchev–Trinajstić information content (AvgIpc) is 2.41. The third-order valence-corrected chi connectivity index (χ3v) is 3.32. The number of rotatable bonds is 4. The second-order valence-electron chi connectivity index (χ2n) is 4.60. The Morgan fingerprint density at radius 2 is 2.32 bits per heavy atom. The number of amides is 1. The minimum absolute atomic E-state index is 0.0321. The van der Waals surface area contributed by atoms with Crippen LogP contribution in [0.25, 0.3) is 0 Å². The first-order valence-electron chi connectivity index (χ1n) is 6.21. The van der Waals surface area contributed by atoms with E-state index in [1.165, 1.54) is 13.2 Å². The molecule has 1 N–H and O–H groups in total. The minimum atomic E-state index is -0.469. The number of methoxy groups -OCH3 is 1. The summed E-state index contributed by atoms with van der Waals surface area (Å²) < 4.78 is 4.95. The van der Waals surface area contributed by atoms with Crippen molar-refractivity contribution >= 4 is 11.6 Å². The first-order chi connectivity index (χ1) is 9.11. The Morgan fingerprint density at radius 3 is 2.95 bits per heavy atom. The van der Waals surface area contributed by atoms with Gasteiger partial charge in [-0.05, 0) is 30.9 Å². The largest absolute Gasteiger partial charge is 0.490 e. The zero-order valence-electron chi connectivity index (χ0n) is 10.7. The van der Waals surface area contributed by atoms with Crippen LogP contribution in [-0.2, 0) is 11.2 Å². The quantitative estimate of drug-likeness (QED) is 0.662. The lowest BCUT2D eigenvalue weighted by Crippen LogP contribution is -2.37. The van der Waals surface area contributed by atoms with Gasteiger partial charge in [0.05, 0.1) is 12.0 Å². The fourth-order valence-electron chi connectivity index (χ4n) is 2.32. The van der Waals surface area contributed by atoms with E-state index in [-0.39, 0.29) is 23.3 Å². The van der Waals surface area contributed by atoms with E-state index in [2.05, 4.69) is 5.32 Å². The highest BCUT2D eigenvalue weighted by Crippen LogP contribution is 2.29. The van der Waals surface area contributed by atoms with Crippen LogP contribution in [0.3, 0.4) is 0 Å². The van der Waals surface area contributed by atoms with Gasteiger partial charge < -0.3 is 10.1 Å². The summed E-state index contributed by atoms with van der Waals surface area (Å²) in [7, 11) is 1.40. The van der Waals surface area contributed by atoms with Crippen molar-refractivity contribution in [3.05, 3.63) is 33.9 Å². The van der Waals surface area contributed by atoms with Crippen LogP contribution in [0.15, 0.2) is 18.2 Å². The maximum Gasteiger partial charge on any atom is 0.311 e. The lowest BCUT2D eigenvalue weighted by atomic mass is 9.91. The zero-order valence-corrected chi connectivity index (χ0v) is 10.7. The molecule has 0 bridgehead atoms. The Balaban J connectivity index is 2.18. The number of ether oxygens (including phenoxy) is 1. The first-order valence-corrected chi connectivity index (χ1v) is 6.21. The van der Waals surface area contributed by atoms with Gasteiger partial charge in [0.2, 0.25) is 5.91 Å². The van der Waals surface area contributed by atoms with E-state index in [1.54, 1.807) is 12.1 Å². The molecule has 1 aromatic rings. The van der Waals surface area contributed by atoms with Crippen LogP contribution in [0, 0.1) is 16.0 Å². The fraction of sp³-hybridized carbons (Fsp3) is 0.462. The Hall–Kier alpha value is -2.11. The molecular weight excluding hydrogens is 248 g/mol. The number of carbonyl (C=O) groups excluding carboxylic acids is 1. The smallest absolute Gasteiger partial charge is 0.311 e. The molecule has 1 heterocycles. The van der Waals surface area contributed by atoms with Gasteiger partial charge in [-0.3, -0.25) is 14.9 Å². The molecule has 0 aliphatic carbocycles. The second kappa shape index (κ2) is 5.69. The maximum absolute atomic E-state index is 11.7. The molecule has 6 nitrogen and oxygen atoms in total. The van der Waals surface area contributed by atoms with Gasteiger partial charge in [0.15, 0.2) is 5.75 Å². The van der Waals surface area contributed by atoms with E-state index in [0.717, 1.165) is 24.9 Å². The van der Waals surface area contributed by atoms with Crippen molar-refractivity contribution in [2.24, 2.45) is 5.92 Å². The maximum atomic E-state index is 11.7. The number of nitrogens with zero attached hydrogens (tertiary/aromatic N) is 1. The van der Waals surface area contributed by atoms with E-state index < -0.39 is 4.92 Å². The van der Waals surface area contributed by atoms with E-state index in [0.29, 0.717) is 6.42 Å². The number of piperidine rings is 1. The Bertz CT molecular complexity index is 501. The van der Waals surface area contributed by atoms with Gasteiger partial charge in [-0.15, -0.1) is 0 Å². The Kier molecular flexibility index (Phi) is 3.99. The minimum Gasteiger partial charge on any atom is -0.490 e. The van der Waals surface area contributed by atoms with Gasteiger partial charge in [-0.25, -0.2) is 0 Å². The lowest BCUT2D eigenvalue weighted by molar-refractivity contribution is -0.385. The molecule has 1 unspecified atom stereocenters. The predicted molar refractivity (Wildman–Crippen MR) is 69.1 cm³/mol. The number of hydrogen-bond acceptors (Lipinski definition) is 4. The summed E-state index contributed by atoms with van der Waals surface area (Å²) in [5, 5.41) is 13.8. The van der Waals surface area contributed by atoms with E-state index in [9.17, 15) is 14.9 Å². The van der Waals surface area contributed by atoms with E-state index in [4.69, 9.17) is 4.74 Å². The molecule has 1 amide bonds. The third kappa shape index (κ3) is 3.01. The highest BCUT2D eigenvalue weighted by Gasteiger charge is 2.23. The number of carbonyl (C=O) groups is 1. The number of nitrogens with one attached hydrogen (secondary N) is 1. The molecule has 1 aromatic carbocycles. The van der Waals surface area contributed by atoms with Gasteiger partial charge in [-0.2, -0.15) is 0 Å². The van der Waals surface area contributed by atoms with Crippen molar-refractivity contribution in [2.45, 2.75) is 19.3 Å². The average molecular weight is 264 g/mol. The highest BCUT2D eigenvalue weighted by molar-refractivity contribution is 5.79. The monoisotopic (exact) mass is 264 g/mol. The summed E-state index contributed by atoms with van der Waals surface area (Å²) in [5.74, 6) is 0.174. The van der Waals surface area contributed by atoms with Gasteiger partial charge in [0.1, 0.15) is 0 Å². The normalized spacial score (nSPS) is 18.8. The SMILES string of the molecule is COc1ccc(CC2CCCNC2=O)cc1[N+](=O)[O-]. The van der Waals surface area contributed by atoms with Crippen molar-refractivity contribution in [3.63, 3.8) is 0 Å². The molecule has 1 aliphatic rings. The van der Waals surface area contributed by atoms with Gasteiger partial charge >= 0.3 is 5.69 Å². The molecule has 6 heteroatoms. The molecular formula is C13H16N2O4. The molecule has 102 valence electrons. The predicted octanol–water partition coefficient (Wildman–Crippen LogP) is 1.67. The van der Waals surface area contributed by atoms with E-state index >= 15 is 0 Å². The molecule has 19 heavy (non-hydrogen) atoms. The van der Waals surface area contributed by atoms with Crippen LogP contribution >= 0.6 is 0 Å². The topological polar surface area (TPSA) is 81.5 Å². The van der Waals surface area contributed by atoms with Gasteiger partial charge in [0, 0.05) is 18.5 Å². The van der Waals surface area contributed by atoms with Gasteiger partial charge in [0.25, 0.3) is 0 Å². The standard InChI is InChI=1S/C13H16N2O4/c1-19-12-5-4-9(8-11(12)15(17)18)7-10-3-2-6-14-13(10)16/h4-5,8,10H,2-3,6-7H2,1H3,(H,14,16). The molecule has 0 aromatic heterocycles. The highest BCUT2D eigenvalue weighted by atomic mass is 16.6. The summed E-state index contributed by atoms with van der Waals surface area (Å²) in [6.45, 7) is 0.720. The number of benzene rings is 1. The number of hydrogen-bond donors (Lipinski definition) is 1. The van der Waals surface area contributed by atoms with Crippen molar-refractivity contribution in [1.82, 2.24) is 5.32 Å². The molecule has 1 atom stereocenters. The molecule has 0 spiro atoms. The lowest BCUT2D eigenvalue weighted by Gasteiger charge is -2.21. The summed E-state index contributed by atoms with van der Waals surface area (Å²) in [6.07, 6.45) is 2.30. The molecule has 1 saturated heterocycles. The molecule has 0 saturated carbocycles. The first kappa shape index (κ1) is 13.3. The zero-order chi connectivity index (χ0) is 13.8. The molecule has 1 fully saturated rings. The third-order valence-electron chi connectivity index (χ3n) is 3.32. The Labute approximate surface area is 110 Å². The fourth-order valence-corrected chi connectivity index (χ4v) is 2.32. The summed E-state index contributed by atoms with van der Waals surface area (Å²) >= 11 is 0. The molecule has 1 aliphatic heterocycles.